The Morgan fingerprint density at radius 2 is 1.96 bits per heavy atom. The maximum Gasteiger partial charge on any atom is 0.257 e. The first-order valence-corrected chi connectivity index (χ1v) is 9.00. The highest BCUT2D eigenvalue weighted by atomic mass is 19.1. The summed E-state index contributed by atoms with van der Waals surface area (Å²) in [4.78, 5) is 29.2. The van der Waals surface area contributed by atoms with Gasteiger partial charge in [-0.1, -0.05) is 36.4 Å². The number of carbonyl (C=O) groups is 2. The first-order valence-electron chi connectivity index (χ1n) is 9.00. The lowest BCUT2D eigenvalue weighted by Crippen LogP contribution is -2.59. The van der Waals surface area contributed by atoms with Crippen molar-refractivity contribution in [3.05, 3.63) is 71.5 Å². The van der Waals surface area contributed by atoms with Crippen LogP contribution in [0.4, 0.5) is 4.39 Å². The van der Waals surface area contributed by atoms with Crippen LogP contribution in [0.15, 0.2) is 54.6 Å². The summed E-state index contributed by atoms with van der Waals surface area (Å²) >= 11 is 0. The first-order chi connectivity index (χ1) is 13.0. The molecular formula is C21H21FN2O3. The number of hydrogen-bond donors (Lipinski definition) is 0. The second kappa shape index (κ2) is 6.78. The van der Waals surface area contributed by atoms with Crippen molar-refractivity contribution in [2.45, 2.75) is 11.5 Å². The van der Waals surface area contributed by atoms with Crippen LogP contribution in [-0.4, -0.2) is 60.5 Å². The van der Waals surface area contributed by atoms with Crippen LogP contribution in [0, 0.1) is 5.82 Å². The second-order valence-corrected chi connectivity index (χ2v) is 7.12. The van der Waals surface area contributed by atoms with Gasteiger partial charge in [0.1, 0.15) is 5.82 Å². The summed E-state index contributed by atoms with van der Waals surface area (Å²) in [6, 6.07) is 15.4. The van der Waals surface area contributed by atoms with E-state index < -0.39 is 11.4 Å². The van der Waals surface area contributed by atoms with Crippen LogP contribution in [0.3, 0.4) is 0 Å². The van der Waals surface area contributed by atoms with E-state index in [0.29, 0.717) is 13.1 Å². The largest absolute Gasteiger partial charge is 0.361 e. The third-order valence-corrected chi connectivity index (χ3v) is 5.44. The molecule has 0 aromatic heterocycles. The van der Waals surface area contributed by atoms with Gasteiger partial charge in [-0.05, 0) is 23.8 Å². The number of likely N-dealkylation sites (N-methyl/N-ethyl adjacent to an activating group) is 1. The molecule has 2 unspecified atom stereocenters. The standard InChI is InChI=1S/C21H21FN2O3/c1-23-13-18(15-6-3-2-4-7-15)21(20(23)26)14-24(10-11-27-21)19(25)16-8-5-9-17(22)12-16/h2-9,12,18H,10-11,13-14H2,1H3. The number of rotatable bonds is 2. The molecule has 1 spiro atoms. The Morgan fingerprint density at radius 3 is 2.70 bits per heavy atom. The molecule has 2 amide bonds. The van der Waals surface area contributed by atoms with Crippen molar-refractivity contribution in [2.75, 3.05) is 33.3 Å². The Morgan fingerprint density at radius 1 is 1.19 bits per heavy atom. The monoisotopic (exact) mass is 368 g/mol. The van der Waals surface area contributed by atoms with E-state index in [1.165, 1.54) is 18.2 Å². The number of carbonyl (C=O) groups excluding carboxylic acids is 2. The molecule has 2 aliphatic rings. The van der Waals surface area contributed by atoms with E-state index in [1.54, 1.807) is 22.9 Å². The predicted octanol–water partition coefficient (Wildman–Crippen LogP) is 2.29. The van der Waals surface area contributed by atoms with Crippen molar-refractivity contribution in [2.24, 2.45) is 0 Å². The van der Waals surface area contributed by atoms with Gasteiger partial charge in [0.25, 0.3) is 11.8 Å². The first kappa shape index (κ1) is 17.7. The lowest BCUT2D eigenvalue weighted by atomic mass is 9.83. The van der Waals surface area contributed by atoms with E-state index in [-0.39, 0.29) is 36.4 Å². The zero-order chi connectivity index (χ0) is 19.0. The second-order valence-electron chi connectivity index (χ2n) is 7.12. The van der Waals surface area contributed by atoms with Gasteiger partial charge in [-0.2, -0.15) is 0 Å². The highest BCUT2D eigenvalue weighted by Crippen LogP contribution is 2.41. The summed E-state index contributed by atoms with van der Waals surface area (Å²) < 4.78 is 19.6. The van der Waals surface area contributed by atoms with Crippen LogP contribution in [0.2, 0.25) is 0 Å². The average molecular weight is 368 g/mol. The van der Waals surface area contributed by atoms with E-state index >= 15 is 0 Å². The molecule has 6 heteroatoms. The van der Waals surface area contributed by atoms with Gasteiger partial charge in [0.05, 0.1) is 13.2 Å². The van der Waals surface area contributed by atoms with Gasteiger partial charge in [0.2, 0.25) is 0 Å². The highest BCUT2D eigenvalue weighted by Gasteiger charge is 2.57. The molecule has 0 saturated carbocycles. The number of hydrogen-bond acceptors (Lipinski definition) is 3. The molecule has 2 aromatic carbocycles. The minimum absolute atomic E-state index is 0.118. The van der Waals surface area contributed by atoms with E-state index in [0.717, 1.165) is 5.56 Å². The molecule has 2 fully saturated rings. The zero-order valence-electron chi connectivity index (χ0n) is 15.1. The molecule has 2 atom stereocenters. The summed E-state index contributed by atoms with van der Waals surface area (Å²) in [6.45, 7) is 1.33. The van der Waals surface area contributed by atoms with E-state index in [4.69, 9.17) is 4.74 Å². The van der Waals surface area contributed by atoms with E-state index in [2.05, 4.69) is 0 Å². The van der Waals surface area contributed by atoms with Crippen LogP contribution in [0.25, 0.3) is 0 Å². The topological polar surface area (TPSA) is 49.9 Å². The molecule has 140 valence electrons. The van der Waals surface area contributed by atoms with Crippen LogP contribution in [-0.2, 0) is 9.53 Å². The normalized spacial score (nSPS) is 25.3. The number of likely N-dealkylation sites (tertiary alicyclic amines) is 1. The van der Waals surface area contributed by atoms with Crippen LogP contribution in [0.5, 0.6) is 0 Å². The fraction of sp³-hybridized carbons (Fsp3) is 0.333. The predicted molar refractivity (Wildman–Crippen MR) is 97.8 cm³/mol. The van der Waals surface area contributed by atoms with Crippen molar-refractivity contribution in [3.8, 4) is 0 Å². The van der Waals surface area contributed by atoms with Crippen LogP contribution >= 0.6 is 0 Å². The lowest BCUT2D eigenvalue weighted by molar-refractivity contribution is -0.159. The molecule has 5 nitrogen and oxygen atoms in total. The highest BCUT2D eigenvalue weighted by molar-refractivity contribution is 5.96. The Labute approximate surface area is 157 Å². The molecule has 0 bridgehead atoms. The Kier molecular flexibility index (Phi) is 4.44. The van der Waals surface area contributed by atoms with Crippen LogP contribution < -0.4 is 0 Å². The Bertz CT molecular complexity index is 873. The van der Waals surface area contributed by atoms with Gasteiger partial charge in [-0.3, -0.25) is 9.59 Å². The zero-order valence-corrected chi connectivity index (χ0v) is 15.1. The molecular weight excluding hydrogens is 347 g/mol. The Hall–Kier alpha value is -2.73. The van der Waals surface area contributed by atoms with Gasteiger partial charge in [0, 0.05) is 31.6 Å². The van der Waals surface area contributed by atoms with Gasteiger partial charge >= 0.3 is 0 Å². The van der Waals surface area contributed by atoms with E-state index in [9.17, 15) is 14.0 Å². The van der Waals surface area contributed by atoms with Gasteiger partial charge in [-0.15, -0.1) is 0 Å². The minimum Gasteiger partial charge on any atom is -0.361 e. The van der Waals surface area contributed by atoms with Crippen molar-refractivity contribution < 1.29 is 18.7 Å². The smallest absolute Gasteiger partial charge is 0.257 e. The maximum atomic E-state index is 13.5. The maximum absolute atomic E-state index is 13.5. The fourth-order valence-corrected chi connectivity index (χ4v) is 4.10. The molecule has 27 heavy (non-hydrogen) atoms. The molecule has 2 saturated heterocycles. The number of benzene rings is 2. The summed E-state index contributed by atoms with van der Waals surface area (Å²) in [6.07, 6.45) is 0. The summed E-state index contributed by atoms with van der Waals surface area (Å²) in [7, 11) is 1.75. The van der Waals surface area contributed by atoms with Crippen LogP contribution in [0.1, 0.15) is 21.8 Å². The van der Waals surface area contributed by atoms with Crippen molar-refractivity contribution in [3.63, 3.8) is 0 Å². The number of halogens is 1. The fourth-order valence-electron chi connectivity index (χ4n) is 4.10. The molecule has 0 radical (unpaired) electrons. The molecule has 2 aliphatic heterocycles. The van der Waals surface area contributed by atoms with Gasteiger partial charge < -0.3 is 14.5 Å². The summed E-state index contributed by atoms with van der Waals surface area (Å²) in [5.41, 5.74) is 0.189. The summed E-state index contributed by atoms with van der Waals surface area (Å²) in [5.74, 6) is -1.03. The molecule has 0 N–H and O–H groups in total. The molecule has 4 rings (SSSR count). The minimum atomic E-state index is -1.10. The number of ether oxygens (including phenoxy) is 1. The number of nitrogens with zero attached hydrogens (tertiary/aromatic N) is 2. The number of amides is 2. The quantitative estimate of drug-likeness (QED) is 0.817. The number of morpholine rings is 1. The van der Waals surface area contributed by atoms with Crippen molar-refractivity contribution in [1.29, 1.82) is 0 Å². The molecule has 0 aliphatic carbocycles. The average Bonchev–Trinajstić information content (AvgIpc) is 2.93. The molecule has 2 aromatic rings. The third kappa shape index (κ3) is 3.00. The van der Waals surface area contributed by atoms with Gasteiger partial charge in [-0.25, -0.2) is 4.39 Å². The van der Waals surface area contributed by atoms with E-state index in [1.807, 2.05) is 30.3 Å². The van der Waals surface area contributed by atoms with Crippen molar-refractivity contribution in [1.82, 2.24) is 9.80 Å². The third-order valence-electron chi connectivity index (χ3n) is 5.44. The Balaban J connectivity index is 1.67. The lowest BCUT2D eigenvalue weighted by Gasteiger charge is -2.42. The van der Waals surface area contributed by atoms with Crippen molar-refractivity contribution >= 4 is 11.8 Å². The summed E-state index contributed by atoms with van der Waals surface area (Å²) in [5, 5.41) is 0. The molecule has 2 heterocycles. The van der Waals surface area contributed by atoms with Gasteiger partial charge in [0.15, 0.2) is 5.60 Å². The SMILES string of the molecule is CN1CC(c2ccccc2)C2(CN(C(=O)c3cccc(F)c3)CCO2)C1=O.